The molecule has 170 valence electrons. The summed E-state index contributed by atoms with van der Waals surface area (Å²) in [5.41, 5.74) is 0.461. The number of thioether (sulfide) groups is 1. The summed E-state index contributed by atoms with van der Waals surface area (Å²) in [7, 11) is 1.62. The van der Waals surface area contributed by atoms with Gasteiger partial charge in [0.25, 0.3) is 5.91 Å². The quantitative estimate of drug-likeness (QED) is 0.305. The first-order chi connectivity index (χ1) is 15.5. The van der Waals surface area contributed by atoms with Gasteiger partial charge >= 0.3 is 0 Å². The summed E-state index contributed by atoms with van der Waals surface area (Å²) in [5.74, 6) is 2.74. The molecule has 0 aliphatic rings. The van der Waals surface area contributed by atoms with Crippen LogP contribution in [0.15, 0.2) is 47.6 Å². The molecule has 0 aliphatic heterocycles. The molecule has 0 unspecified atom stereocenters. The van der Waals surface area contributed by atoms with E-state index in [9.17, 15) is 4.79 Å². The Morgan fingerprint density at radius 3 is 2.62 bits per heavy atom. The van der Waals surface area contributed by atoms with Gasteiger partial charge in [0.05, 0.1) is 23.8 Å². The number of aromatic nitrogens is 3. The monoisotopic (exact) mass is 494 g/mol. The average Bonchev–Trinajstić information content (AvgIpc) is 3.20. The van der Waals surface area contributed by atoms with E-state index < -0.39 is 0 Å². The Hall–Kier alpha value is -2.42. The number of rotatable bonds is 11. The van der Waals surface area contributed by atoms with Crippen LogP contribution in [0.1, 0.15) is 23.1 Å². The number of ether oxygens (including phenoxy) is 2. The fourth-order valence-corrected chi connectivity index (χ4v) is 4.11. The number of carbonyl (C=O) groups is 1. The van der Waals surface area contributed by atoms with Crippen molar-refractivity contribution in [3.05, 3.63) is 63.9 Å². The molecule has 0 radical (unpaired) electrons. The summed E-state index contributed by atoms with van der Waals surface area (Å²) in [5, 5.41) is 13.0. The summed E-state index contributed by atoms with van der Waals surface area (Å²) < 4.78 is 13.1. The molecule has 0 spiro atoms. The van der Waals surface area contributed by atoms with Crippen molar-refractivity contribution < 1.29 is 14.3 Å². The third-order valence-electron chi connectivity index (χ3n) is 4.57. The number of amides is 1. The lowest BCUT2D eigenvalue weighted by atomic mass is 10.2. The largest absolute Gasteiger partial charge is 0.493 e. The highest BCUT2D eigenvalue weighted by atomic mass is 35.5. The Morgan fingerprint density at radius 2 is 1.91 bits per heavy atom. The number of halogens is 2. The predicted molar refractivity (Wildman–Crippen MR) is 127 cm³/mol. The molecule has 3 rings (SSSR count). The maximum Gasteiger partial charge on any atom is 0.251 e. The third-order valence-corrected chi connectivity index (χ3v) is 6.24. The number of nitrogens with one attached hydrogen (secondary N) is 1. The second-order valence-corrected chi connectivity index (χ2v) is 8.50. The van der Waals surface area contributed by atoms with Crippen molar-refractivity contribution in [2.75, 3.05) is 26.0 Å². The lowest BCUT2D eigenvalue weighted by molar-refractivity contribution is 0.0954. The fraction of sp³-hybridized carbons (Fsp3) is 0.318. The normalized spacial score (nSPS) is 10.8. The van der Waals surface area contributed by atoms with Gasteiger partial charge in [-0.15, -0.1) is 10.2 Å². The van der Waals surface area contributed by atoms with Crippen LogP contribution in [0.25, 0.3) is 0 Å². The van der Waals surface area contributed by atoms with Crippen LogP contribution >= 0.6 is 35.0 Å². The van der Waals surface area contributed by atoms with Crippen molar-refractivity contribution in [3.8, 4) is 11.5 Å². The number of hydrogen-bond donors (Lipinski definition) is 1. The molecule has 1 heterocycles. The summed E-state index contributed by atoms with van der Waals surface area (Å²) in [6, 6.07) is 12.3. The molecule has 3 aromatic rings. The molecule has 1 amide bonds. The first kappa shape index (κ1) is 24.2. The lowest BCUT2D eigenvalue weighted by Gasteiger charge is -2.10. The smallest absolute Gasteiger partial charge is 0.251 e. The molecule has 1 N–H and O–H groups in total. The second kappa shape index (κ2) is 12.0. The van der Waals surface area contributed by atoms with E-state index in [1.54, 1.807) is 37.1 Å². The standard InChI is InChI=1S/C22H24Cl2N4O3S/c1-3-28-20(10-11-25-21(29)15-8-9-16(23)17(24)14-15)26-27-22(28)32-13-12-31-19-7-5-4-6-18(19)30-2/h4-9,14H,3,10-13H2,1-2H3,(H,25,29). The maximum atomic E-state index is 12.3. The summed E-state index contributed by atoms with van der Waals surface area (Å²) in [4.78, 5) is 12.3. The van der Waals surface area contributed by atoms with Crippen molar-refractivity contribution in [3.63, 3.8) is 0 Å². The highest BCUT2D eigenvalue weighted by Crippen LogP contribution is 2.26. The molecule has 10 heteroatoms. The highest BCUT2D eigenvalue weighted by molar-refractivity contribution is 7.99. The zero-order valence-corrected chi connectivity index (χ0v) is 20.1. The molecule has 0 saturated heterocycles. The van der Waals surface area contributed by atoms with Crippen LogP contribution in [0.4, 0.5) is 0 Å². The Bertz CT molecular complexity index is 1060. The SMILES string of the molecule is CCn1c(CCNC(=O)c2ccc(Cl)c(Cl)c2)nnc1SCCOc1ccccc1OC. The van der Waals surface area contributed by atoms with Gasteiger partial charge in [0.15, 0.2) is 16.7 Å². The molecule has 0 aliphatic carbocycles. The number of hydrogen-bond acceptors (Lipinski definition) is 6. The van der Waals surface area contributed by atoms with Crippen LogP contribution in [-0.4, -0.2) is 46.7 Å². The van der Waals surface area contributed by atoms with Gasteiger partial charge in [0.1, 0.15) is 5.82 Å². The van der Waals surface area contributed by atoms with Crippen molar-refractivity contribution in [1.82, 2.24) is 20.1 Å². The van der Waals surface area contributed by atoms with Gasteiger partial charge in [-0.3, -0.25) is 4.79 Å². The molecule has 2 aromatic carbocycles. The molecule has 1 aromatic heterocycles. The Labute approximate surface area is 201 Å². The first-order valence-corrected chi connectivity index (χ1v) is 11.8. The zero-order valence-electron chi connectivity index (χ0n) is 17.8. The van der Waals surface area contributed by atoms with E-state index in [0.29, 0.717) is 52.4 Å². The van der Waals surface area contributed by atoms with Crippen molar-refractivity contribution in [1.29, 1.82) is 0 Å². The van der Waals surface area contributed by atoms with E-state index in [0.717, 1.165) is 17.5 Å². The van der Waals surface area contributed by atoms with Gasteiger partial charge in [-0.1, -0.05) is 47.1 Å². The number of nitrogens with zero attached hydrogens (tertiary/aromatic N) is 3. The van der Waals surface area contributed by atoms with Crippen LogP contribution in [0.3, 0.4) is 0 Å². The second-order valence-electron chi connectivity index (χ2n) is 6.63. The zero-order chi connectivity index (χ0) is 22.9. The summed E-state index contributed by atoms with van der Waals surface area (Å²) in [6.07, 6.45) is 0.562. The van der Waals surface area contributed by atoms with Gasteiger partial charge in [0.2, 0.25) is 0 Å². The van der Waals surface area contributed by atoms with Crippen molar-refractivity contribution >= 4 is 40.9 Å². The van der Waals surface area contributed by atoms with Crippen molar-refractivity contribution in [2.24, 2.45) is 0 Å². The third kappa shape index (κ3) is 6.31. The average molecular weight is 495 g/mol. The summed E-state index contributed by atoms with van der Waals surface area (Å²) >= 11 is 13.5. The van der Waals surface area contributed by atoms with E-state index in [4.69, 9.17) is 32.7 Å². The molecule has 0 bridgehead atoms. The van der Waals surface area contributed by atoms with Gasteiger partial charge in [0, 0.05) is 30.8 Å². The number of benzene rings is 2. The first-order valence-electron chi connectivity index (χ1n) is 10.1. The molecular formula is C22H24Cl2N4O3S. The maximum absolute atomic E-state index is 12.3. The van der Waals surface area contributed by atoms with Gasteiger partial charge < -0.3 is 19.4 Å². The fourth-order valence-electron chi connectivity index (χ4n) is 2.98. The van der Waals surface area contributed by atoms with Crippen LogP contribution in [0.5, 0.6) is 11.5 Å². The van der Waals surface area contributed by atoms with E-state index in [2.05, 4.69) is 15.5 Å². The van der Waals surface area contributed by atoms with Gasteiger partial charge in [-0.2, -0.15) is 0 Å². The van der Waals surface area contributed by atoms with E-state index in [1.807, 2.05) is 35.8 Å². The Balaban J connectivity index is 1.48. The van der Waals surface area contributed by atoms with E-state index in [1.165, 1.54) is 0 Å². The number of carbonyl (C=O) groups excluding carboxylic acids is 1. The molecule has 7 nitrogen and oxygen atoms in total. The van der Waals surface area contributed by atoms with Crippen LogP contribution < -0.4 is 14.8 Å². The van der Waals surface area contributed by atoms with E-state index >= 15 is 0 Å². The number of methoxy groups -OCH3 is 1. The van der Waals surface area contributed by atoms with E-state index in [-0.39, 0.29) is 5.91 Å². The van der Waals surface area contributed by atoms with Crippen LogP contribution in [0, 0.1) is 0 Å². The molecule has 0 fully saturated rings. The topological polar surface area (TPSA) is 78.3 Å². The number of para-hydroxylation sites is 2. The molecular weight excluding hydrogens is 471 g/mol. The molecule has 32 heavy (non-hydrogen) atoms. The van der Waals surface area contributed by atoms with Gasteiger partial charge in [-0.25, -0.2) is 0 Å². The van der Waals surface area contributed by atoms with Crippen LogP contribution in [-0.2, 0) is 13.0 Å². The molecule has 0 atom stereocenters. The van der Waals surface area contributed by atoms with Gasteiger partial charge in [-0.05, 0) is 37.3 Å². The Kier molecular flexibility index (Phi) is 9.08. The minimum absolute atomic E-state index is 0.214. The predicted octanol–water partition coefficient (Wildman–Crippen LogP) is 4.76. The minimum atomic E-state index is -0.214. The Morgan fingerprint density at radius 1 is 1.12 bits per heavy atom. The van der Waals surface area contributed by atoms with Crippen molar-refractivity contribution in [2.45, 2.75) is 25.0 Å². The summed E-state index contributed by atoms with van der Waals surface area (Å²) in [6.45, 7) is 3.71. The molecule has 0 saturated carbocycles. The lowest BCUT2D eigenvalue weighted by Crippen LogP contribution is -2.26. The van der Waals surface area contributed by atoms with Crippen LogP contribution in [0.2, 0.25) is 10.0 Å². The highest BCUT2D eigenvalue weighted by Gasteiger charge is 2.13. The minimum Gasteiger partial charge on any atom is -0.493 e.